The number of nitrogens with zero attached hydrogens (tertiary/aromatic N) is 1. The second kappa shape index (κ2) is 4.80. The van der Waals surface area contributed by atoms with Crippen molar-refractivity contribution in [1.29, 1.82) is 0 Å². The van der Waals surface area contributed by atoms with Crippen molar-refractivity contribution in [2.45, 2.75) is 32.2 Å². The molecular weight excluding hydrogens is 212 g/mol. The normalized spacial score (nSPS) is 21.3. The van der Waals surface area contributed by atoms with Crippen LogP contribution >= 0.6 is 0 Å². The van der Waals surface area contributed by atoms with Gasteiger partial charge in [-0.15, -0.1) is 0 Å². The Kier molecular flexibility index (Phi) is 4.14. The predicted molar refractivity (Wildman–Crippen MR) is 62.6 cm³/mol. The van der Waals surface area contributed by atoms with E-state index in [1.54, 1.807) is 6.92 Å². The highest BCUT2D eigenvalue weighted by atomic mass is 32.2. The minimum atomic E-state index is -2.79. The maximum absolute atomic E-state index is 11.2. The van der Waals surface area contributed by atoms with Gasteiger partial charge in [0, 0.05) is 24.4 Å². The van der Waals surface area contributed by atoms with Gasteiger partial charge in [0.05, 0.1) is 5.75 Å². The van der Waals surface area contributed by atoms with Crippen molar-refractivity contribution in [3.8, 4) is 0 Å². The van der Waals surface area contributed by atoms with Crippen molar-refractivity contribution in [3.05, 3.63) is 0 Å². The van der Waals surface area contributed by atoms with E-state index in [1.807, 2.05) is 0 Å². The summed E-state index contributed by atoms with van der Waals surface area (Å²) in [6, 6.07) is 0. The van der Waals surface area contributed by atoms with Gasteiger partial charge < -0.3 is 5.73 Å². The number of nitrogens with two attached hydrogens (primary N) is 1. The maximum atomic E-state index is 11.2. The quantitative estimate of drug-likeness (QED) is 0.715. The molecule has 0 unspecified atom stereocenters. The molecule has 0 bridgehead atoms. The molecule has 1 rings (SSSR count). The van der Waals surface area contributed by atoms with Crippen molar-refractivity contribution in [3.63, 3.8) is 0 Å². The van der Waals surface area contributed by atoms with E-state index in [0.717, 1.165) is 32.5 Å². The van der Waals surface area contributed by atoms with E-state index in [9.17, 15) is 8.42 Å². The van der Waals surface area contributed by atoms with Crippen LogP contribution in [0.2, 0.25) is 0 Å². The lowest BCUT2D eigenvalue weighted by Crippen LogP contribution is -2.66. The van der Waals surface area contributed by atoms with E-state index in [2.05, 4.69) is 11.8 Å². The zero-order chi connectivity index (χ0) is 11.5. The highest BCUT2D eigenvalue weighted by molar-refractivity contribution is 7.91. The zero-order valence-electron chi connectivity index (χ0n) is 9.70. The Balaban J connectivity index is 2.14. The molecule has 1 heterocycles. The molecule has 2 N–H and O–H groups in total. The fraction of sp³-hybridized carbons (Fsp3) is 1.00. The molecule has 0 aromatic rings. The summed E-state index contributed by atoms with van der Waals surface area (Å²) in [7, 11) is -2.79. The first-order valence-corrected chi connectivity index (χ1v) is 7.44. The number of rotatable bonds is 6. The van der Waals surface area contributed by atoms with Gasteiger partial charge >= 0.3 is 0 Å². The Morgan fingerprint density at radius 1 is 1.33 bits per heavy atom. The molecule has 90 valence electrons. The van der Waals surface area contributed by atoms with Gasteiger partial charge in [0.1, 0.15) is 9.84 Å². The van der Waals surface area contributed by atoms with E-state index in [4.69, 9.17) is 5.73 Å². The third-order valence-electron chi connectivity index (χ3n) is 3.15. The standard InChI is InChI=1S/C10H22N2O2S/c1-3-10(11)8-12(9-10)6-5-7-15(13,14)4-2/h3-9,11H2,1-2H3. The first kappa shape index (κ1) is 12.9. The first-order valence-electron chi connectivity index (χ1n) is 5.62. The van der Waals surface area contributed by atoms with Crippen LogP contribution in [-0.4, -0.2) is 50.0 Å². The number of hydrogen-bond donors (Lipinski definition) is 1. The number of sulfone groups is 1. The van der Waals surface area contributed by atoms with Crippen LogP contribution in [0.15, 0.2) is 0 Å². The summed E-state index contributed by atoms with van der Waals surface area (Å²) in [4.78, 5) is 2.23. The van der Waals surface area contributed by atoms with Gasteiger partial charge in [0.15, 0.2) is 0 Å². The lowest BCUT2D eigenvalue weighted by Gasteiger charge is -2.47. The van der Waals surface area contributed by atoms with Crippen molar-refractivity contribution in [2.24, 2.45) is 5.73 Å². The Labute approximate surface area is 92.7 Å². The van der Waals surface area contributed by atoms with Gasteiger partial charge in [-0.25, -0.2) is 8.42 Å². The van der Waals surface area contributed by atoms with Crippen LogP contribution in [0, 0.1) is 0 Å². The molecule has 0 radical (unpaired) electrons. The van der Waals surface area contributed by atoms with Crippen LogP contribution in [0.4, 0.5) is 0 Å². The van der Waals surface area contributed by atoms with Gasteiger partial charge in [0.2, 0.25) is 0 Å². The summed E-state index contributed by atoms with van der Waals surface area (Å²) in [6.07, 6.45) is 1.73. The second-order valence-corrected chi connectivity index (χ2v) is 6.99. The molecule has 1 aliphatic heterocycles. The van der Waals surface area contributed by atoms with E-state index in [1.165, 1.54) is 0 Å². The molecule has 0 aromatic heterocycles. The van der Waals surface area contributed by atoms with Crippen molar-refractivity contribution in [1.82, 2.24) is 4.90 Å². The van der Waals surface area contributed by atoms with Crippen LogP contribution in [-0.2, 0) is 9.84 Å². The van der Waals surface area contributed by atoms with E-state index >= 15 is 0 Å². The minimum Gasteiger partial charge on any atom is -0.323 e. The lowest BCUT2D eigenvalue weighted by molar-refractivity contribution is 0.0685. The summed E-state index contributed by atoms with van der Waals surface area (Å²) in [6.45, 7) is 6.48. The molecule has 0 atom stereocenters. The van der Waals surface area contributed by atoms with E-state index in [0.29, 0.717) is 5.75 Å². The summed E-state index contributed by atoms with van der Waals surface area (Å²) in [5, 5.41) is 0. The number of hydrogen-bond acceptors (Lipinski definition) is 4. The molecule has 5 heteroatoms. The van der Waals surface area contributed by atoms with Gasteiger partial charge in [0.25, 0.3) is 0 Å². The summed E-state index contributed by atoms with van der Waals surface area (Å²) in [5.41, 5.74) is 6.01. The molecule has 0 saturated carbocycles. The van der Waals surface area contributed by atoms with Crippen LogP contribution in [0.5, 0.6) is 0 Å². The molecular formula is C10H22N2O2S. The molecule has 0 aliphatic carbocycles. The van der Waals surface area contributed by atoms with Crippen LogP contribution < -0.4 is 5.73 Å². The van der Waals surface area contributed by atoms with Crippen LogP contribution in [0.1, 0.15) is 26.7 Å². The maximum Gasteiger partial charge on any atom is 0.150 e. The predicted octanol–water partition coefficient (Wildman–Crippen LogP) is 0.234. The Hall–Kier alpha value is -0.130. The molecule has 15 heavy (non-hydrogen) atoms. The fourth-order valence-corrected chi connectivity index (χ4v) is 2.74. The fourth-order valence-electron chi connectivity index (χ4n) is 1.88. The Morgan fingerprint density at radius 2 is 1.93 bits per heavy atom. The second-order valence-electron chi connectivity index (χ2n) is 4.52. The summed E-state index contributed by atoms with van der Waals surface area (Å²) in [5.74, 6) is 0.562. The van der Waals surface area contributed by atoms with Crippen molar-refractivity contribution >= 4 is 9.84 Å². The smallest absolute Gasteiger partial charge is 0.150 e. The molecule has 1 saturated heterocycles. The zero-order valence-corrected chi connectivity index (χ0v) is 10.5. The van der Waals surface area contributed by atoms with Crippen LogP contribution in [0.25, 0.3) is 0 Å². The van der Waals surface area contributed by atoms with Crippen molar-refractivity contribution < 1.29 is 8.42 Å². The van der Waals surface area contributed by atoms with Gasteiger partial charge in [-0.2, -0.15) is 0 Å². The Bertz CT molecular complexity index is 295. The third kappa shape index (κ3) is 3.74. The molecule has 4 nitrogen and oxygen atoms in total. The lowest BCUT2D eigenvalue weighted by atomic mass is 9.88. The first-order chi connectivity index (χ1) is 6.91. The van der Waals surface area contributed by atoms with Gasteiger partial charge in [-0.1, -0.05) is 13.8 Å². The highest BCUT2D eigenvalue weighted by Gasteiger charge is 2.36. The van der Waals surface area contributed by atoms with Gasteiger partial charge in [-0.3, -0.25) is 4.90 Å². The topological polar surface area (TPSA) is 63.4 Å². The number of likely N-dealkylation sites (tertiary alicyclic amines) is 1. The van der Waals surface area contributed by atoms with E-state index < -0.39 is 9.84 Å². The molecule has 1 fully saturated rings. The highest BCUT2D eigenvalue weighted by Crippen LogP contribution is 2.21. The SMILES string of the molecule is CCC1(N)CN(CCCS(=O)(=O)CC)C1. The van der Waals surface area contributed by atoms with Crippen LogP contribution in [0.3, 0.4) is 0 Å². The average Bonchev–Trinajstić information content (AvgIpc) is 2.14. The minimum absolute atomic E-state index is 0.0103. The summed E-state index contributed by atoms with van der Waals surface area (Å²) < 4.78 is 22.5. The monoisotopic (exact) mass is 234 g/mol. The Morgan fingerprint density at radius 3 is 2.40 bits per heavy atom. The molecule has 1 aliphatic rings. The molecule has 0 spiro atoms. The van der Waals surface area contributed by atoms with Crippen molar-refractivity contribution in [2.75, 3.05) is 31.1 Å². The van der Waals surface area contributed by atoms with Gasteiger partial charge in [-0.05, 0) is 19.4 Å². The third-order valence-corrected chi connectivity index (χ3v) is 4.94. The largest absolute Gasteiger partial charge is 0.323 e. The molecule has 0 amide bonds. The van der Waals surface area contributed by atoms with E-state index in [-0.39, 0.29) is 11.3 Å². The molecule has 0 aromatic carbocycles. The summed E-state index contributed by atoms with van der Waals surface area (Å²) >= 11 is 0. The average molecular weight is 234 g/mol.